The lowest BCUT2D eigenvalue weighted by atomic mass is 9.90. The van der Waals surface area contributed by atoms with Crippen molar-refractivity contribution in [2.45, 2.75) is 19.4 Å². The number of ether oxygens (including phenoxy) is 1. The number of anilines is 1. The maximum absolute atomic E-state index is 11.2. The summed E-state index contributed by atoms with van der Waals surface area (Å²) < 4.78 is 5.08. The van der Waals surface area contributed by atoms with E-state index in [4.69, 9.17) is 9.84 Å². The first kappa shape index (κ1) is 10.5. The number of benzene rings is 1. The molecular weight excluding hydrogens is 210 g/mol. The van der Waals surface area contributed by atoms with E-state index < -0.39 is 17.7 Å². The van der Waals surface area contributed by atoms with Gasteiger partial charge in [0.1, 0.15) is 5.60 Å². The van der Waals surface area contributed by atoms with Crippen molar-refractivity contribution in [3.63, 3.8) is 0 Å². The zero-order valence-electron chi connectivity index (χ0n) is 8.90. The number of fused-ring (bicyclic) bond motifs is 1. The van der Waals surface area contributed by atoms with Crippen LogP contribution in [0.15, 0.2) is 18.2 Å². The normalized spacial score (nSPS) is 17.0. The minimum atomic E-state index is -1.04. The molecule has 1 aromatic carbocycles. The van der Waals surface area contributed by atoms with Gasteiger partial charge in [-0.15, -0.1) is 0 Å². The Morgan fingerprint density at radius 2 is 2.12 bits per heavy atom. The fraction of sp³-hybridized carbons (Fsp3) is 0.273. The zero-order valence-corrected chi connectivity index (χ0v) is 8.90. The van der Waals surface area contributed by atoms with Crippen LogP contribution >= 0.6 is 0 Å². The molecule has 1 aliphatic rings. The predicted molar refractivity (Wildman–Crippen MR) is 56.5 cm³/mol. The van der Waals surface area contributed by atoms with Crippen LogP contribution in [0.4, 0.5) is 10.5 Å². The van der Waals surface area contributed by atoms with Gasteiger partial charge in [0.15, 0.2) is 0 Å². The molecule has 0 aromatic heterocycles. The zero-order chi connectivity index (χ0) is 11.9. The number of carbonyl (C=O) groups is 2. The monoisotopic (exact) mass is 221 g/mol. The molecule has 2 rings (SSSR count). The number of carboxylic acid groups (broad SMARTS) is 1. The summed E-state index contributed by atoms with van der Waals surface area (Å²) in [6, 6.07) is 4.73. The van der Waals surface area contributed by atoms with Gasteiger partial charge in [0.05, 0.1) is 11.3 Å². The molecule has 0 saturated heterocycles. The molecule has 1 aliphatic heterocycles. The molecule has 0 spiro atoms. The van der Waals surface area contributed by atoms with Crippen molar-refractivity contribution in [1.29, 1.82) is 0 Å². The highest BCUT2D eigenvalue weighted by molar-refractivity contribution is 5.96. The highest BCUT2D eigenvalue weighted by atomic mass is 16.6. The van der Waals surface area contributed by atoms with Gasteiger partial charge in [0, 0.05) is 5.56 Å². The Bertz CT molecular complexity index is 479. The van der Waals surface area contributed by atoms with Crippen LogP contribution in [0.1, 0.15) is 29.8 Å². The average molecular weight is 221 g/mol. The first-order valence-corrected chi connectivity index (χ1v) is 4.78. The van der Waals surface area contributed by atoms with Crippen LogP contribution in [0.2, 0.25) is 0 Å². The van der Waals surface area contributed by atoms with E-state index in [0.717, 1.165) is 0 Å². The minimum Gasteiger partial charge on any atom is -0.478 e. The van der Waals surface area contributed by atoms with Crippen molar-refractivity contribution in [2.24, 2.45) is 0 Å². The van der Waals surface area contributed by atoms with Gasteiger partial charge in [-0.2, -0.15) is 0 Å². The van der Waals surface area contributed by atoms with Gasteiger partial charge in [-0.25, -0.2) is 9.59 Å². The molecule has 5 heteroatoms. The lowest BCUT2D eigenvalue weighted by molar-refractivity contribution is 0.0392. The van der Waals surface area contributed by atoms with E-state index in [1.807, 2.05) is 0 Å². The van der Waals surface area contributed by atoms with E-state index >= 15 is 0 Å². The fourth-order valence-electron chi connectivity index (χ4n) is 1.90. The topological polar surface area (TPSA) is 75.6 Å². The minimum absolute atomic E-state index is 0.141. The Morgan fingerprint density at radius 1 is 1.44 bits per heavy atom. The Hall–Kier alpha value is -2.04. The third-order valence-electron chi connectivity index (χ3n) is 2.48. The quantitative estimate of drug-likeness (QED) is 0.762. The van der Waals surface area contributed by atoms with Crippen LogP contribution in [0.3, 0.4) is 0 Å². The Kier molecular flexibility index (Phi) is 2.11. The standard InChI is InChI=1S/C11H11NO4/c1-11(2)8-6(9(13)14)4-3-5-7(8)12-10(15)16-11/h3-5H,1-2H3,(H,12,15)(H,13,14). The largest absolute Gasteiger partial charge is 0.478 e. The molecule has 1 heterocycles. The number of carboxylic acids is 1. The van der Waals surface area contributed by atoms with Crippen molar-refractivity contribution in [3.8, 4) is 0 Å². The number of amides is 1. The van der Waals surface area contributed by atoms with E-state index in [1.54, 1.807) is 26.0 Å². The van der Waals surface area contributed by atoms with Gasteiger partial charge in [-0.05, 0) is 26.0 Å². The highest BCUT2D eigenvalue weighted by Crippen LogP contribution is 2.37. The summed E-state index contributed by atoms with van der Waals surface area (Å²) in [5.74, 6) is -1.04. The molecule has 1 aromatic rings. The number of carbonyl (C=O) groups excluding carboxylic acids is 1. The second kappa shape index (κ2) is 3.23. The van der Waals surface area contributed by atoms with Gasteiger partial charge in [-0.1, -0.05) is 6.07 Å². The van der Waals surface area contributed by atoms with Crippen molar-refractivity contribution in [3.05, 3.63) is 29.3 Å². The maximum atomic E-state index is 11.2. The second-order valence-corrected chi connectivity index (χ2v) is 4.06. The molecule has 16 heavy (non-hydrogen) atoms. The van der Waals surface area contributed by atoms with Crippen molar-refractivity contribution < 1.29 is 19.4 Å². The molecule has 5 nitrogen and oxygen atoms in total. The lowest BCUT2D eigenvalue weighted by Gasteiger charge is -2.33. The predicted octanol–water partition coefficient (Wildman–Crippen LogP) is 2.18. The summed E-state index contributed by atoms with van der Waals surface area (Å²) in [6.07, 6.45) is -0.569. The van der Waals surface area contributed by atoms with E-state index in [-0.39, 0.29) is 5.56 Å². The Balaban J connectivity index is 2.69. The number of nitrogens with one attached hydrogen (secondary N) is 1. The SMILES string of the molecule is CC1(C)OC(=O)Nc2cccc(C(=O)O)c21. The number of aromatic carboxylic acids is 1. The number of cyclic esters (lactones) is 1. The van der Waals surface area contributed by atoms with Gasteiger partial charge >= 0.3 is 12.1 Å². The summed E-state index contributed by atoms with van der Waals surface area (Å²) in [5.41, 5.74) is 0.179. The summed E-state index contributed by atoms with van der Waals surface area (Å²) in [6.45, 7) is 3.33. The van der Waals surface area contributed by atoms with E-state index in [9.17, 15) is 9.59 Å². The van der Waals surface area contributed by atoms with Crippen LogP contribution in [0, 0.1) is 0 Å². The molecular formula is C11H11NO4. The highest BCUT2D eigenvalue weighted by Gasteiger charge is 2.36. The molecule has 0 unspecified atom stereocenters. The average Bonchev–Trinajstić information content (AvgIpc) is 2.14. The van der Waals surface area contributed by atoms with Crippen LogP contribution in [-0.2, 0) is 10.3 Å². The number of hydrogen-bond donors (Lipinski definition) is 2. The second-order valence-electron chi connectivity index (χ2n) is 4.06. The molecule has 2 N–H and O–H groups in total. The molecule has 0 saturated carbocycles. The van der Waals surface area contributed by atoms with Crippen molar-refractivity contribution in [1.82, 2.24) is 0 Å². The number of hydrogen-bond acceptors (Lipinski definition) is 3. The fourth-order valence-corrected chi connectivity index (χ4v) is 1.90. The molecule has 1 amide bonds. The summed E-state index contributed by atoms with van der Waals surface area (Å²) >= 11 is 0. The smallest absolute Gasteiger partial charge is 0.412 e. The summed E-state index contributed by atoms with van der Waals surface area (Å²) in [5, 5.41) is 11.6. The van der Waals surface area contributed by atoms with Crippen LogP contribution in [0.25, 0.3) is 0 Å². The molecule has 0 atom stereocenters. The molecule has 0 radical (unpaired) electrons. The first-order valence-electron chi connectivity index (χ1n) is 4.78. The van der Waals surface area contributed by atoms with Crippen molar-refractivity contribution in [2.75, 3.05) is 5.32 Å². The number of rotatable bonds is 1. The first-order chi connectivity index (χ1) is 7.42. The summed E-state index contributed by atoms with van der Waals surface area (Å²) in [4.78, 5) is 22.3. The third kappa shape index (κ3) is 1.50. The van der Waals surface area contributed by atoms with Gasteiger partial charge in [-0.3, -0.25) is 5.32 Å². The van der Waals surface area contributed by atoms with E-state index in [0.29, 0.717) is 11.3 Å². The molecule has 0 bridgehead atoms. The van der Waals surface area contributed by atoms with Gasteiger partial charge in [0.25, 0.3) is 0 Å². The Morgan fingerprint density at radius 3 is 2.75 bits per heavy atom. The van der Waals surface area contributed by atoms with Crippen LogP contribution < -0.4 is 5.32 Å². The van der Waals surface area contributed by atoms with E-state index in [1.165, 1.54) is 6.07 Å². The van der Waals surface area contributed by atoms with Gasteiger partial charge < -0.3 is 9.84 Å². The maximum Gasteiger partial charge on any atom is 0.412 e. The van der Waals surface area contributed by atoms with Crippen LogP contribution in [-0.4, -0.2) is 17.2 Å². The molecule has 84 valence electrons. The van der Waals surface area contributed by atoms with Crippen LogP contribution in [0.5, 0.6) is 0 Å². The Labute approximate surface area is 92.0 Å². The summed E-state index contributed by atoms with van der Waals surface area (Å²) in [7, 11) is 0. The van der Waals surface area contributed by atoms with Gasteiger partial charge in [0.2, 0.25) is 0 Å². The lowest BCUT2D eigenvalue weighted by Crippen LogP contribution is -2.36. The third-order valence-corrected chi connectivity index (χ3v) is 2.48. The van der Waals surface area contributed by atoms with E-state index in [2.05, 4.69) is 5.32 Å². The molecule has 0 aliphatic carbocycles. The van der Waals surface area contributed by atoms with Crippen molar-refractivity contribution >= 4 is 17.7 Å². The molecule has 0 fully saturated rings.